The van der Waals surface area contributed by atoms with Crippen LogP contribution in [0.3, 0.4) is 0 Å². The van der Waals surface area contributed by atoms with Gasteiger partial charge in [0.2, 0.25) is 5.78 Å². The zero-order chi connectivity index (χ0) is 13.9. The van der Waals surface area contributed by atoms with E-state index in [1.807, 2.05) is 30.3 Å². The molecule has 0 aliphatic rings. The van der Waals surface area contributed by atoms with Crippen molar-refractivity contribution in [3.63, 3.8) is 0 Å². The molecular formula is C16H12N2O2. The Hall–Kier alpha value is -2.88. The van der Waals surface area contributed by atoms with Gasteiger partial charge in [-0.1, -0.05) is 30.3 Å². The van der Waals surface area contributed by atoms with Gasteiger partial charge in [-0.25, -0.2) is 4.98 Å². The molecular weight excluding hydrogens is 252 g/mol. The molecule has 0 aliphatic carbocycles. The number of aromatic hydroxyl groups is 1. The number of H-pyrrole nitrogens is 1. The summed E-state index contributed by atoms with van der Waals surface area (Å²) in [6.07, 6.45) is 3.09. The lowest BCUT2D eigenvalue weighted by Gasteiger charge is -1.94. The zero-order valence-electron chi connectivity index (χ0n) is 10.6. The predicted molar refractivity (Wildman–Crippen MR) is 77.6 cm³/mol. The molecule has 0 spiro atoms. The highest BCUT2D eigenvalue weighted by Gasteiger charge is 2.07. The minimum atomic E-state index is -0.204. The standard InChI is InChI=1S/C16H12N2O2/c19-12-5-3-4-11(10-12)8-9-15(20)16-17-13-6-1-2-7-14(13)18-16/h1-10,19H,(H,17,18)/b9-8+. The molecule has 0 radical (unpaired) electrons. The number of aromatic nitrogens is 2. The van der Waals surface area contributed by atoms with Crippen molar-refractivity contribution in [3.05, 3.63) is 66.0 Å². The maximum absolute atomic E-state index is 12.0. The molecule has 4 nitrogen and oxygen atoms in total. The van der Waals surface area contributed by atoms with Crippen molar-refractivity contribution in [2.75, 3.05) is 0 Å². The Morgan fingerprint density at radius 3 is 2.80 bits per heavy atom. The van der Waals surface area contributed by atoms with Crippen molar-refractivity contribution in [3.8, 4) is 5.75 Å². The molecule has 4 heteroatoms. The van der Waals surface area contributed by atoms with E-state index < -0.39 is 0 Å². The highest BCUT2D eigenvalue weighted by molar-refractivity contribution is 6.05. The first kappa shape index (κ1) is 12.2. The fraction of sp³-hybridized carbons (Fsp3) is 0. The van der Waals surface area contributed by atoms with Crippen LogP contribution in [0, 0.1) is 0 Å². The molecule has 0 fully saturated rings. The second-order valence-corrected chi connectivity index (χ2v) is 4.40. The number of phenolic OH excluding ortho intramolecular Hbond substituents is 1. The number of imidazole rings is 1. The molecule has 0 amide bonds. The normalized spacial score (nSPS) is 11.2. The summed E-state index contributed by atoms with van der Waals surface area (Å²) >= 11 is 0. The van der Waals surface area contributed by atoms with Crippen LogP contribution in [0.1, 0.15) is 16.2 Å². The summed E-state index contributed by atoms with van der Waals surface area (Å²) in [6, 6.07) is 14.2. The van der Waals surface area contributed by atoms with Crippen LogP contribution in [0.4, 0.5) is 0 Å². The maximum Gasteiger partial charge on any atom is 0.221 e. The Morgan fingerprint density at radius 2 is 2.00 bits per heavy atom. The lowest BCUT2D eigenvalue weighted by atomic mass is 10.2. The molecule has 0 saturated heterocycles. The highest BCUT2D eigenvalue weighted by Crippen LogP contribution is 2.14. The van der Waals surface area contributed by atoms with Crippen LogP contribution in [-0.2, 0) is 0 Å². The molecule has 2 N–H and O–H groups in total. The zero-order valence-corrected chi connectivity index (χ0v) is 10.6. The number of carbonyl (C=O) groups is 1. The van der Waals surface area contributed by atoms with Gasteiger partial charge in [0.05, 0.1) is 11.0 Å². The first-order valence-electron chi connectivity index (χ1n) is 6.18. The number of para-hydroxylation sites is 2. The van der Waals surface area contributed by atoms with Gasteiger partial charge in [-0.15, -0.1) is 0 Å². The fourth-order valence-electron chi connectivity index (χ4n) is 1.95. The smallest absolute Gasteiger partial charge is 0.221 e. The lowest BCUT2D eigenvalue weighted by Crippen LogP contribution is -1.96. The average molecular weight is 264 g/mol. The number of hydrogen-bond acceptors (Lipinski definition) is 3. The van der Waals surface area contributed by atoms with E-state index in [0.717, 1.165) is 16.6 Å². The number of aromatic amines is 1. The maximum atomic E-state index is 12.0. The molecule has 98 valence electrons. The van der Waals surface area contributed by atoms with E-state index >= 15 is 0 Å². The third-order valence-electron chi connectivity index (χ3n) is 2.92. The Morgan fingerprint density at radius 1 is 1.15 bits per heavy atom. The average Bonchev–Trinajstić information content (AvgIpc) is 2.89. The first-order chi connectivity index (χ1) is 9.72. The van der Waals surface area contributed by atoms with Gasteiger partial charge < -0.3 is 10.1 Å². The third kappa shape index (κ3) is 2.44. The predicted octanol–water partition coefficient (Wildman–Crippen LogP) is 3.16. The van der Waals surface area contributed by atoms with Crippen LogP contribution >= 0.6 is 0 Å². The largest absolute Gasteiger partial charge is 0.508 e. The molecule has 0 aliphatic heterocycles. The molecule has 0 saturated carbocycles. The molecule has 0 bridgehead atoms. The monoisotopic (exact) mass is 264 g/mol. The summed E-state index contributed by atoms with van der Waals surface area (Å²) in [5.74, 6) is 0.274. The van der Waals surface area contributed by atoms with E-state index in [2.05, 4.69) is 9.97 Å². The summed E-state index contributed by atoms with van der Waals surface area (Å²) in [5, 5.41) is 9.35. The number of rotatable bonds is 3. The minimum Gasteiger partial charge on any atom is -0.508 e. The van der Waals surface area contributed by atoms with E-state index in [0.29, 0.717) is 5.82 Å². The minimum absolute atomic E-state index is 0.170. The van der Waals surface area contributed by atoms with Gasteiger partial charge in [-0.2, -0.15) is 0 Å². The van der Waals surface area contributed by atoms with Gasteiger partial charge in [0, 0.05) is 0 Å². The van der Waals surface area contributed by atoms with Crippen LogP contribution in [0.25, 0.3) is 17.1 Å². The summed E-state index contributed by atoms with van der Waals surface area (Å²) in [4.78, 5) is 19.2. The molecule has 0 atom stereocenters. The Kier molecular flexibility index (Phi) is 3.05. The summed E-state index contributed by atoms with van der Waals surface area (Å²) in [7, 11) is 0. The second kappa shape index (κ2) is 5.01. The summed E-state index contributed by atoms with van der Waals surface area (Å²) < 4.78 is 0. The molecule has 0 unspecified atom stereocenters. The van der Waals surface area contributed by atoms with E-state index in [1.165, 1.54) is 6.08 Å². The highest BCUT2D eigenvalue weighted by atomic mass is 16.3. The van der Waals surface area contributed by atoms with Crippen molar-refractivity contribution in [1.29, 1.82) is 0 Å². The number of phenols is 1. The van der Waals surface area contributed by atoms with Crippen LogP contribution in [0.2, 0.25) is 0 Å². The number of nitrogens with zero attached hydrogens (tertiary/aromatic N) is 1. The van der Waals surface area contributed by atoms with Gasteiger partial charge >= 0.3 is 0 Å². The van der Waals surface area contributed by atoms with Gasteiger partial charge in [0.25, 0.3) is 0 Å². The van der Waals surface area contributed by atoms with E-state index in [-0.39, 0.29) is 11.5 Å². The molecule has 1 heterocycles. The van der Waals surface area contributed by atoms with Crippen molar-refractivity contribution < 1.29 is 9.90 Å². The van der Waals surface area contributed by atoms with Crippen molar-refractivity contribution in [1.82, 2.24) is 9.97 Å². The second-order valence-electron chi connectivity index (χ2n) is 4.40. The summed E-state index contributed by atoms with van der Waals surface area (Å²) in [5.41, 5.74) is 2.36. The van der Waals surface area contributed by atoms with Crippen molar-refractivity contribution in [2.24, 2.45) is 0 Å². The van der Waals surface area contributed by atoms with E-state index in [1.54, 1.807) is 24.3 Å². The van der Waals surface area contributed by atoms with Gasteiger partial charge in [0.15, 0.2) is 5.82 Å². The topological polar surface area (TPSA) is 66.0 Å². The van der Waals surface area contributed by atoms with Crippen molar-refractivity contribution in [2.45, 2.75) is 0 Å². The molecule has 20 heavy (non-hydrogen) atoms. The quantitative estimate of drug-likeness (QED) is 0.564. The SMILES string of the molecule is O=C(/C=C/c1cccc(O)c1)c1nc2ccccc2[nH]1. The molecule has 2 aromatic carbocycles. The third-order valence-corrected chi connectivity index (χ3v) is 2.92. The molecule has 3 rings (SSSR count). The lowest BCUT2D eigenvalue weighted by molar-refractivity contribution is 0.103. The Bertz CT molecular complexity index is 770. The number of benzene rings is 2. The van der Waals surface area contributed by atoms with Gasteiger partial charge in [0.1, 0.15) is 5.75 Å². The molecule has 3 aromatic rings. The number of fused-ring (bicyclic) bond motifs is 1. The van der Waals surface area contributed by atoms with E-state index in [4.69, 9.17) is 0 Å². The Balaban J connectivity index is 1.85. The number of carbonyl (C=O) groups excluding carboxylic acids is 1. The van der Waals surface area contributed by atoms with E-state index in [9.17, 15) is 9.90 Å². The Labute approximate surface area is 115 Å². The van der Waals surface area contributed by atoms with Crippen molar-refractivity contribution >= 4 is 22.9 Å². The molecule has 1 aromatic heterocycles. The van der Waals surface area contributed by atoms with Crippen LogP contribution in [0.5, 0.6) is 5.75 Å². The number of allylic oxidation sites excluding steroid dienone is 1. The fourth-order valence-corrected chi connectivity index (χ4v) is 1.95. The number of ketones is 1. The van der Waals surface area contributed by atoms with Gasteiger partial charge in [-0.3, -0.25) is 4.79 Å². The number of hydrogen-bond donors (Lipinski definition) is 2. The first-order valence-corrected chi connectivity index (χ1v) is 6.18. The van der Waals surface area contributed by atoms with Crippen LogP contribution < -0.4 is 0 Å². The number of nitrogens with one attached hydrogen (secondary N) is 1. The van der Waals surface area contributed by atoms with Gasteiger partial charge in [-0.05, 0) is 35.9 Å². The summed E-state index contributed by atoms with van der Waals surface area (Å²) in [6.45, 7) is 0. The van der Waals surface area contributed by atoms with Crippen LogP contribution in [-0.4, -0.2) is 20.9 Å². The van der Waals surface area contributed by atoms with Crippen LogP contribution in [0.15, 0.2) is 54.6 Å².